The summed E-state index contributed by atoms with van der Waals surface area (Å²) in [6.45, 7) is 1.52. The van der Waals surface area contributed by atoms with E-state index in [1.807, 2.05) is 54.6 Å². The van der Waals surface area contributed by atoms with Gasteiger partial charge in [0.2, 0.25) is 11.8 Å². The average molecular weight is 336 g/mol. The summed E-state index contributed by atoms with van der Waals surface area (Å²) in [4.78, 5) is 27.6. The van der Waals surface area contributed by atoms with E-state index in [0.717, 1.165) is 16.9 Å². The largest absolute Gasteiger partial charge is 0.493 e. The number of para-hydroxylation sites is 1. The van der Waals surface area contributed by atoms with Crippen LogP contribution in [0.3, 0.4) is 0 Å². The molecular weight excluding hydrogens is 316 g/mol. The third-order valence-corrected chi connectivity index (χ3v) is 4.87. The molecule has 2 aliphatic rings. The van der Waals surface area contributed by atoms with Crippen molar-refractivity contribution >= 4 is 11.8 Å². The van der Waals surface area contributed by atoms with E-state index in [1.165, 1.54) is 0 Å². The Balaban J connectivity index is 1.68. The van der Waals surface area contributed by atoms with Gasteiger partial charge >= 0.3 is 0 Å². The number of nitrogens with zero attached hydrogens (tertiary/aromatic N) is 1. The normalized spacial score (nSPS) is 22.6. The summed E-state index contributed by atoms with van der Waals surface area (Å²) in [5.41, 5.74) is 1.75. The minimum atomic E-state index is -0.572. The summed E-state index contributed by atoms with van der Waals surface area (Å²) in [5, 5.41) is 2.88. The molecular formula is C20H20N2O3. The first-order valence-corrected chi connectivity index (χ1v) is 8.60. The van der Waals surface area contributed by atoms with Crippen LogP contribution >= 0.6 is 0 Å². The van der Waals surface area contributed by atoms with Crippen LogP contribution in [0.25, 0.3) is 0 Å². The average Bonchev–Trinajstić information content (AvgIpc) is 2.67. The summed E-state index contributed by atoms with van der Waals surface area (Å²) in [6.07, 6.45) is 0.634. The number of amides is 2. The molecule has 2 aromatic carbocycles. The fourth-order valence-electron chi connectivity index (χ4n) is 3.67. The molecule has 2 heterocycles. The first-order valence-electron chi connectivity index (χ1n) is 8.60. The van der Waals surface area contributed by atoms with Gasteiger partial charge in [0, 0.05) is 18.7 Å². The van der Waals surface area contributed by atoms with Crippen molar-refractivity contribution in [3.05, 3.63) is 65.7 Å². The lowest BCUT2D eigenvalue weighted by molar-refractivity contribution is -0.145. The van der Waals surface area contributed by atoms with Crippen LogP contribution in [-0.2, 0) is 9.59 Å². The van der Waals surface area contributed by atoms with Gasteiger partial charge in [0.1, 0.15) is 11.8 Å². The molecule has 0 spiro atoms. The number of ether oxygens (including phenoxy) is 1. The molecule has 0 aliphatic carbocycles. The van der Waals surface area contributed by atoms with Gasteiger partial charge in [-0.2, -0.15) is 0 Å². The zero-order chi connectivity index (χ0) is 17.2. The van der Waals surface area contributed by atoms with Crippen LogP contribution in [0.4, 0.5) is 0 Å². The second kappa shape index (κ2) is 6.59. The summed E-state index contributed by atoms with van der Waals surface area (Å²) < 4.78 is 5.67. The molecule has 5 heteroatoms. The van der Waals surface area contributed by atoms with E-state index in [2.05, 4.69) is 5.32 Å². The van der Waals surface area contributed by atoms with E-state index < -0.39 is 6.04 Å². The highest BCUT2D eigenvalue weighted by Crippen LogP contribution is 2.36. The van der Waals surface area contributed by atoms with E-state index in [0.29, 0.717) is 26.1 Å². The monoisotopic (exact) mass is 336 g/mol. The molecule has 2 atom stereocenters. The predicted octanol–water partition coefficient (Wildman–Crippen LogP) is 2.25. The fourth-order valence-corrected chi connectivity index (χ4v) is 3.67. The highest BCUT2D eigenvalue weighted by molar-refractivity contribution is 5.92. The van der Waals surface area contributed by atoms with E-state index in [-0.39, 0.29) is 17.7 Å². The summed E-state index contributed by atoms with van der Waals surface area (Å²) in [6, 6.07) is 16.6. The van der Waals surface area contributed by atoms with Crippen LogP contribution in [0.1, 0.15) is 29.5 Å². The van der Waals surface area contributed by atoms with Gasteiger partial charge in [-0.3, -0.25) is 9.59 Å². The van der Waals surface area contributed by atoms with Gasteiger partial charge in [0.25, 0.3) is 0 Å². The van der Waals surface area contributed by atoms with Crippen molar-refractivity contribution in [3.8, 4) is 5.75 Å². The third-order valence-electron chi connectivity index (χ3n) is 4.87. The van der Waals surface area contributed by atoms with Crippen molar-refractivity contribution in [1.29, 1.82) is 0 Å². The Labute approximate surface area is 146 Å². The number of nitrogens with one attached hydrogen (secondary N) is 1. The Morgan fingerprint density at radius 2 is 1.84 bits per heavy atom. The van der Waals surface area contributed by atoms with Gasteiger partial charge in [-0.15, -0.1) is 0 Å². The SMILES string of the molecule is O=C1NCCN(C(=O)[C@@H]2CCOc3ccccc32)[C@@H]1c1ccccc1. The second-order valence-electron chi connectivity index (χ2n) is 6.36. The van der Waals surface area contributed by atoms with Crippen molar-refractivity contribution in [1.82, 2.24) is 10.2 Å². The van der Waals surface area contributed by atoms with E-state index in [4.69, 9.17) is 4.74 Å². The van der Waals surface area contributed by atoms with Crippen LogP contribution in [0, 0.1) is 0 Å². The van der Waals surface area contributed by atoms with Crippen LogP contribution in [0.2, 0.25) is 0 Å². The first kappa shape index (κ1) is 15.7. The Morgan fingerprint density at radius 1 is 1.08 bits per heavy atom. The van der Waals surface area contributed by atoms with Gasteiger partial charge in [0.15, 0.2) is 0 Å². The highest BCUT2D eigenvalue weighted by atomic mass is 16.5. The van der Waals surface area contributed by atoms with Gasteiger partial charge in [0.05, 0.1) is 12.5 Å². The van der Waals surface area contributed by atoms with Crippen LogP contribution in [-0.4, -0.2) is 36.4 Å². The minimum absolute atomic E-state index is 0.000506. The van der Waals surface area contributed by atoms with Crippen molar-refractivity contribution in [3.63, 3.8) is 0 Å². The van der Waals surface area contributed by atoms with Gasteiger partial charge in [-0.25, -0.2) is 0 Å². The topological polar surface area (TPSA) is 58.6 Å². The molecule has 0 saturated carbocycles. The maximum absolute atomic E-state index is 13.3. The summed E-state index contributed by atoms with van der Waals surface area (Å²) in [5.74, 6) is 0.387. The van der Waals surface area contributed by atoms with Crippen molar-refractivity contribution in [2.45, 2.75) is 18.4 Å². The molecule has 0 unspecified atom stereocenters. The number of benzene rings is 2. The Bertz CT molecular complexity index is 791. The predicted molar refractivity (Wildman–Crippen MR) is 93.2 cm³/mol. The summed E-state index contributed by atoms with van der Waals surface area (Å²) >= 11 is 0. The van der Waals surface area contributed by atoms with Crippen LogP contribution in [0.5, 0.6) is 5.75 Å². The number of fused-ring (bicyclic) bond motifs is 1. The van der Waals surface area contributed by atoms with E-state index in [1.54, 1.807) is 4.90 Å². The number of rotatable bonds is 2. The number of hydrogen-bond acceptors (Lipinski definition) is 3. The van der Waals surface area contributed by atoms with Gasteiger partial charge in [-0.1, -0.05) is 48.5 Å². The van der Waals surface area contributed by atoms with Crippen LogP contribution in [0.15, 0.2) is 54.6 Å². The summed E-state index contributed by atoms with van der Waals surface area (Å²) in [7, 11) is 0. The van der Waals surface area contributed by atoms with Crippen molar-refractivity contribution < 1.29 is 14.3 Å². The molecule has 2 aliphatic heterocycles. The molecule has 5 nitrogen and oxygen atoms in total. The standard InChI is InChI=1S/C20H20N2O3/c23-19-18(14-6-2-1-3-7-14)22(12-11-21-19)20(24)16-10-13-25-17-9-5-4-8-15(16)17/h1-9,16,18H,10-13H2,(H,21,23)/t16-,18-/m1/s1. The zero-order valence-corrected chi connectivity index (χ0v) is 13.9. The van der Waals surface area contributed by atoms with Gasteiger partial charge in [-0.05, 0) is 18.1 Å². The first-order chi connectivity index (χ1) is 12.3. The lowest BCUT2D eigenvalue weighted by atomic mass is 9.90. The maximum Gasteiger partial charge on any atom is 0.247 e. The molecule has 1 N–H and O–H groups in total. The molecule has 2 aromatic rings. The minimum Gasteiger partial charge on any atom is -0.493 e. The number of carbonyl (C=O) groups is 2. The van der Waals surface area contributed by atoms with Gasteiger partial charge < -0.3 is 15.0 Å². The maximum atomic E-state index is 13.3. The smallest absolute Gasteiger partial charge is 0.247 e. The van der Waals surface area contributed by atoms with E-state index in [9.17, 15) is 9.59 Å². The third kappa shape index (κ3) is 2.86. The molecule has 0 radical (unpaired) electrons. The molecule has 1 saturated heterocycles. The van der Waals surface area contributed by atoms with E-state index >= 15 is 0 Å². The molecule has 2 amide bonds. The Morgan fingerprint density at radius 3 is 2.68 bits per heavy atom. The quantitative estimate of drug-likeness (QED) is 0.915. The number of carbonyl (C=O) groups excluding carboxylic acids is 2. The molecule has 4 rings (SSSR count). The Kier molecular flexibility index (Phi) is 4.14. The highest BCUT2D eigenvalue weighted by Gasteiger charge is 2.39. The fraction of sp³-hybridized carbons (Fsp3) is 0.300. The number of hydrogen-bond donors (Lipinski definition) is 1. The molecule has 0 bridgehead atoms. The van der Waals surface area contributed by atoms with Crippen molar-refractivity contribution in [2.24, 2.45) is 0 Å². The number of piperazine rings is 1. The van der Waals surface area contributed by atoms with Crippen LogP contribution < -0.4 is 10.1 Å². The second-order valence-corrected chi connectivity index (χ2v) is 6.36. The molecule has 0 aromatic heterocycles. The lowest BCUT2D eigenvalue weighted by Gasteiger charge is -2.38. The molecule has 1 fully saturated rings. The zero-order valence-electron chi connectivity index (χ0n) is 13.9. The molecule has 25 heavy (non-hydrogen) atoms. The lowest BCUT2D eigenvalue weighted by Crippen LogP contribution is -2.53. The van der Waals surface area contributed by atoms with Crippen molar-refractivity contribution in [2.75, 3.05) is 19.7 Å². The Hall–Kier alpha value is -2.82. The molecule has 128 valence electrons.